The summed E-state index contributed by atoms with van der Waals surface area (Å²) in [6.45, 7) is 2.95. The molecule has 5 heteroatoms. The highest BCUT2D eigenvalue weighted by Gasteiger charge is 2.09. The number of hydrogen-bond donors (Lipinski definition) is 1. The van der Waals surface area contributed by atoms with Crippen molar-refractivity contribution in [1.82, 2.24) is 0 Å². The zero-order valence-electron chi connectivity index (χ0n) is 8.63. The Kier molecular flexibility index (Phi) is 4.11. The van der Waals surface area contributed by atoms with Gasteiger partial charge in [-0.15, -0.1) is 0 Å². The molecular weight excluding hydrogens is 214 g/mol. The number of rotatable bonds is 5. The number of anilines is 1. The van der Waals surface area contributed by atoms with E-state index in [4.69, 9.17) is 4.55 Å². The maximum absolute atomic E-state index is 10.6. The van der Waals surface area contributed by atoms with E-state index in [2.05, 4.69) is 0 Å². The Labute approximate surface area is 90.3 Å². The number of hydrogen-bond acceptors (Lipinski definition) is 3. The molecule has 1 aromatic rings. The van der Waals surface area contributed by atoms with Crippen LogP contribution in [0.5, 0.6) is 0 Å². The first-order valence-corrected chi connectivity index (χ1v) is 6.39. The molecule has 0 spiro atoms. The summed E-state index contributed by atoms with van der Waals surface area (Å²) in [5.41, 5.74) is 0.962. The van der Waals surface area contributed by atoms with Crippen LogP contribution in [0.4, 0.5) is 5.69 Å². The first kappa shape index (κ1) is 12.0. The molecule has 0 unspecified atom stereocenters. The molecule has 0 fully saturated rings. The summed E-state index contributed by atoms with van der Waals surface area (Å²) in [6, 6.07) is 9.51. The van der Waals surface area contributed by atoms with Crippen molar-refractivity contribution in [2.45, 2.75) is 6.92 Å². The van der Waals surface area contributed by atoms with Gasteiger partial charge in [0.05, 0.1) is 5.75 Å². The van der Waals surface area contributed by atoms with Crippen LogP contribution in [0.2, 0.25) is 0 Å². The van der Waals surface area contributed by atoms with Crippen molar-refractivity contribution in [2.24, 2.45) is 0 Å². The molecule has 1 aromatic carbocycles. The van der Waals surface area contributed by atoms with Crippen LogP contribution in [0, 0.1) is 0 Å². The zero-order valence-corrected chi connectivity index (χ0v) is 9.44. The molecule has 84 valence electrons. The maximum atomic E-state index is 10.6. The molecule has 0 atom stereocenters. The van der Waals surface area contributed by atoms with Crippen molar-refractivity contribution in [3.8, 4) is 0 Å². The first-order valence-electron chi connectivity index (χ1n) is 4.78. The minimum atomic E-state index is -3.88. The summed E-state index contributed by atoms with van der Waals surface area (Å²) in [5, 5.41) is 0. The second-order valence-electron chi connectivity index (χ2n) is 3.20. The summed E-state index contributed by atoms with van der Waals surface area (Å²) in [7, 11) is -3.88. The SMILES string of the molecule is CCN(CCS(=O)(=O)O)c1ccccc1. The molecule has 0 radical (unpaired) electrons. The fourth-order valence-electron chi connectivity index (χ4n) is 1.33. The summed E-state index contributed by atoms with van der Waals surface area (Å²) >= 11 is 0. The van der Waals surface area contributed by atoms with Crippen LogP contribution >= 0.6 is 0 Å². The van der Waals surface area contributed by atoms with Crippen LogP contribution in [0.15, 0.2) is 30.3 Å². The topological polar surface area (TPSA) is 57.6 Å². The van der Waals surface area contributed by atoms with Gasteiger partial charge in [-0.25, -0.2) is 0 Å². The quantitative estimate of drug-likeness (QED) is 0.775. The van der Waals surface area contributed by atoms with E-state index >= 15 is 0 Å². The molecule has 1 rings (SSSR count). The highest BCUT2D eigenvalue weighted by Crippen LogP contribution is 2.12. The van der Waals surface area contributed by atoms with Gasteiger partial charge in [-0.05, 0) is 19.1 Å². The zero-order chi connectivity index (χ0) is 11.3. The third-order valence-corrected chi connectivity index (χ3v) is 2.82. The molecule has 0 amide bonds. The standard InChI is InChI=1S/C10H15NO3S/c1-2-11(8-9-15(12,13)14)10-6-4-3-5-7-10/h3-7H,2,8-9H2,1H3,(H,12,13,14). The highest BCUT2D eigenvalue weighted by atomic mass is 32.2. The molecule has 0 saturated carbocycles. The third-order valence-electron chi connectivity index (χ3n) is 2.12. The van der Waals surface area contributed by atoms with E-state index in [9.17, 15) is 8.42 Å². The number of benzene rings is 1. The molecule has 0 aliphatic rings. The lowest BCUT2D eigenvalue weighted by molar-refractivity contribution is 0.482. The van der Waals surface area contributed by atoms with Gasteiger partial charge in [-0.2, -0.15) is 8.42 Å². The van der Waals surface area contributed by atoms with Gasteiger partial charge in [0.1, 0.15) is 0 Å². The molecule has 15 heavy (non-hydrogen) atoms. The van der Waals surface area contributed by atoms with Gasteiger partial charge >= 0.3 is 0 Å². The van der Waals surface area contributed by atoms with Crippen molar-refractivity contribution >= 4 is 15.8 Å². The second kappa shape index (κ2) is 5.14. The predicted molar refractivity (Wildman–Crippen MR) is 60.7 cm³/mol. The Morgan fingerprint density at radius 1 is 1.27 bits per heavy atom. The minimum absolute atomic E-state index is 0.240. The second-order valence-corrected chi connectivity index (χ2v) is 4.77. The third kappa shape index (κ3) is 4.31. The van der Waals surface area contributed by atoms with E-state index < -0.39 is 10.1 Å². The number of para-hydroxylation sites is 1. The lowest BCUT2D eigenvalue weighted by atomic mass is 10.3. The lowest BCUT2D eigenvalue weighted by Crippen LogP contribution is -2.28. The van der Waals surface area contributed by atoms with Gasteiger partial charge in [-0.3, -0.25) is 4.55 Å². The van der Waals surface area contributed by atoms with Crippen LogP contribution in [0.25, 0.3) is 0 Å². The smallest absolute Gasteiger partial charge is 0.266 e. The Balaban J connectivity index is 2.66. The van der Waals surface area contributed by atoms with Crippen LogP contribution in [-0.4, -0.2) is 31.8 Å². The van der Waals surface area contributed by atoms with Crippen molar-refractivity contribution in [2.75, 3.05) is 23.7 Å². The Hall–Kier alpha value is -1.07. The van der Waals surface area contributed by atoms with Gasteiger partial charge in [-0.1, -0.05) is 18.2 Å². The molecule has 0 bridgehead atoms. The molecule has 0 aliphatic carbocycles. The summed E-state index contributed by atoms with van der Waals surface area (Å²) in [4.78, 5) is 1.90. The monoisotopic (exact) mass is 229 g/mol. The van der Waals surface area contributed by atoms with Crippen LogP contribution in [0.1, 0.15) is 6.92 Å². The van der Waals surface area contributed by atoms with E-state index in [0.29, 0.717) is 13.1 Å². The summed E-state index contributed by atoms with van der Waals surface area (Å²) in [5.74, 6) is -0.240. The molecule has 0 heterocycles. The Bertz CT molecular complexity index is 388. The number of nitrogens with zero attached hydrogens (tertiary/aromatic N) is 1. The van der Waals surface area contributed by atoms with E-state index in [1.54, 1.807) is 0 Å². The van der Waals surface area contributed by atoms with E-state index in [0.717, 1.165) is 5.69 Å². The van der Waals surface area contributed by atoms with Gasteiger partial charge in [0.15, 0.2) is 0 Å². The molecule has 0 aliphatic heterocycles. The Morgan fingerprint density at radius 2 is 1.87 bits per heavy atom. The van der Waals surface area contributed by atoms with Crippen molar-refractivity contribution in [1.29, 1.82) is 0 Å². The van der Waals surface area contributed by atoms with E-state index in [-0.39, 0.29) is 5.75 Å². The Morgan fingerprint density at radius 3 is 2.33 bits per heavy atom. The van der Waals surface area contributed by atoms with E-state index in [1.807, 2.05) is 42.2 Å². The van der Waals surface area contributed by atoms with Crippen LogP contribution in [0.3, 0.4) is 0 Å². The normalized spacial score (nSPS) is 11.3. The van der Waals surface area contributed by atoms with Crippen LogP contribution < -0.4 is 4.90 Å². The molecule has 4 nitrogen and oxygen atoms in total. The van der Waals surface area contributed by atoms with Crippen LogP contribution in [-0.2, 0) is 10.1 Å². The average Bonchev–Trinajstić information content (AvgIpc) is 2.19. The van der Waals surface area contributed by atoms with Gasteiger partial charge < -0.3 is 4.90 Å². The van der Waals surface area contributed by atoms with Crippen molar-refractivity contribution < 1.29 is 13.0 Å². The largest absolute Gasteiger partial charge is 0.371 e. The molecule has 0 aromatic heterocycles. The minimum Gasteiger partial charge on any atom is -0.371 e. The molecule has 0 saturated heterocycles. The average molecular weight is 229 g/mol. The molecular formula is C10H15NO3S. The first-order chi connectivity index (χ1) is 7.03. The molecule has 1 N–H and O–H groups in total. The van der Waals surface area contributed by atoms with Gasteiger partial charge in [0.2, 0.25) is 0 Å². The van der Waals surface area contributed by atoms with Gasteiger partial charge in [0.25, 0.3) is 10.1 Å². The van der Waals surface area contributed by atoms with Crippen molar-refractivity contribution in [3.05, 3.63) is 30.3 Å². The van der Waals surface area contributed by atoms with E-state index in [1.165, 1.54) is 0 Å². The fraction of sp³-hybridized carbons (Fsp3) is 0.400. The van der Waals surface area contributed by atoms with Gasteiger partial charge in [0, 0.05) is 18.8 Å². The maximum Gasteiger partial charge on any atom is 0.266 e. The highest BCUT2D eigenvalue weighted by molar-refractivity contribution is 7.85. The van der Waals surface area contributed by atoms with Crippen molar-refractivity contribution in [3.63, 3.8) is 0 Å². The summed E-state index contributed by atoms with van der Waals surface area (Å²) in [6.07, 6.45) is 0. The lowest BCUT2D eigenvalue weighted by Gasteiger charge is -2.22. The fourth-order valence-corrected chi connectivity index (χ4v) is 1.79. The predicted octanol–water partition coefficient (Wildman–Crippen LogP) is 1.40. The summed E-state index contributed by atoms with van der Waals surface area (Å²) < 4.78 is 29.9.